The van der Waals surface area contributed by atoms with Gasteiger partial charge in [0, 0.05) is 32.4 Å². The summed E-state index contributed by atoms with van der Waals surface area (Å²) in [5.41, 5.74) is 22.5. The number of carboxylic acid groups (broad SMARTS) is 1. The standard InChI is InChI=1S/C37H59N11O11/c1-18(2)14-25(33(56)43-19(3)31(39)54)46-35(58)27(11-12-29(52)53)48-17-22(16-28(48)51)44-36(59)30(20(4)49)47-34(57)26(15-21-7-9-23(50)10-8-21)45-32(55)24(38)6-5-13-42-37(40)41/h7-10,18-20,22,24-27,30,49-50H,5-6,11-17,38H2,1-4H3,(H2,39,54)(H,43,56)(H,44,59)(H,45,55)(H,46,58)(H,47,57)(H,52,53)(H4,40,41,42). The van der Waals surface area contributed by atoms with Gasteiger partial charge in [0.2, 0.25) is 41.4 Å². The van der Waals surface area contributed by atoms with E-state index in [2.05, 4.69) is 31.6 Å². The molecule has 1 aromatic carbocycles. The van der Waals surface area contributed by atoms with Crippen molar-refractivity contribution in [2.75, 3.05) is 13.1 Å². The Morgan fingerprint density at radius 3 is 2.02 bits per heavy atom. The number of hydrogen-bond acceptors (Lipinski definition) is 12. The van der Waals surface area contributed by atoms with E-state index in [1.54, 1.807) is 13.8 Å². The number of aliphatic hydroxyl groups is 1. The number of phenolic OH excluding ortho intramolecular Hbond substituents is 1. The van der Waals surface area contributed by atoms with Crippen LogP contribution in [0.2, 0.25) is 0 Å². The quantitative estimate of drug-likeness (QED) is 0.0270. The van der Waals surface area contributed by atoms with Crippen molar-refractivity contribution in [1.29, 1.82) is 0 Å². The highest BCUT2D eigenvalue weighted by molar-refractivity contribution is 5.96. The number of carbonyl (C=O) groups is 8. The zero-order valence-electron chi connectivity index (χ0n) is 33.7. The number of phenols is 1. The first-order chi connectivity index (χ1) is 27.6. The van der Waals surface area contributed by atoms with Crippen LogP contribution < -0.4 is 49.5 Å². The molecule has 0 spiro atoms. The van der Waals surface area contributed by atoms with Gasteiger partial charge in [0.1, 0.15) is 36.0 Å². The molecular weight excluding hydrogens is 774 g/mol. The number of carbonyl (C=O) groups excluding carboxylic acids is 7. The Kier molecular flexibility index (Phi) is 19.5. The summed E-state index contributed by atoms with van der Waals surface area (Å²) in [7, 11) is 0. The van der Waals surface area contributed by atoms with E-state index in [0.29, 0.717) is 12.0 Å². The van der Waals surface area contributed by atoms with E-state index in [-0.39, 0.29) is 62.8 Å². The van der Waals surface area contributed by atoms with Gasteiger partial charge in [-0.25, -0.2) is 0 Å². The van der Waals surface area contributed by atoms with Crippen LogP contribution in [0.5, 0.6) is 5.75 Å². The monoisotopic (exact) mass is 833 g/mol. The van der Waals surface area contributed by atoms with Crippen molar-refractivity contribution < 1.29 is 53.7 Å². The molecule has 1 heterocycles. The Bertz CT molecular complexity index is 1690. The van der Waals surface area contributed by atoms with E-state index >= 15 is 0 Å². The number of hydrogen-bond donors (Lipinski definition) is 12. The summed E-state index contributed by atoms with van der Waals surface area (Å²) < 4.78 is 0. The fourth-order valence-corrected chi connectivity index (χ4v) is 6.13. The Balaban J connectivity index is 2.25. The van der Waals surface area contributed by atoms with E-state index in [9.17, 15) is 53.7 Å². The SMILES string of the molecule is CC(C)CC(NC(=O)C(CCC(=O)O)N1CC(NC(=O)C(NC(=O)C(Cc2ccc(O)cc2)NC(=O)C(N)CCCN=C(N)N)C(C)O)CC1=O)C(=O)NC(C)C(N)=O. The molecule has 0 radical (unpaired) electrons. The number of aliphatic imine (C=N–C) groups is 1. The van der Waals surface area contributed by atoms with Crippen LogP contribution in [-0.4, -0.2) is 135 Å². The summed E-state index contributed by atoms with van der Waals surface area (Å²) in [4.78, 5) is 108. The molecule has 1 saturated heterocycles. The van der Waals surface area contributed by atoms with Gasteiger partial charge in [-0.3, -0.25) is 43.3 Å². The lowest BCUT2D eigenvalue weighted by Crippen LogP contribution is -2.60. The molecule has 328 valence electrons. The van der Waals surface area contributed by atoms with Crippen molar-refractivity contribution in [3.05, 3.63) is 29.8 Å². The lowest BCUT2D eigenvalue weighted by Gasteiger charge is -2.30. The molecule has 1 aliphatic heterocycles. The first-order valence-corrected chi connectivity index (χ1v) is 19.2. The summed E-state index contributed by atoms with van der Waals surface area (Å²) in [5.74, 6) is -7.03. The summed E-state index contributed by atoms with van der Waals surface area (Å²) in [6.07, 6.45) is -2.18. The smallest absolute Gasteiger partial charge is 0.303 e. The number of nitrogens with two attached hydrogens (primary N) is 4. The van der Waals surface area contributed by atoms with Gasteiger partial charge in [-0.15, -0.1) is 0 Å². The van der Waals surface area contributed by atoms with Crippen LogP contribution in [0, 0.1) is 5.92 Å². The number of carboxylic acids is 1. The van der Waals surface area contributed by atoms with Crippen LogP contribution in [0.25, 0.3) is 0 Å². The Morgan fingerprint density at radius 1 is 0.847 bits per heavy atom. The Hall–Kier alpha value is -6.03. The zero-order valence-corrected chi connectivity index (χ0v) is 33.7. The topological polar surface area (TPSA) is 377 Å². The number of aliphatic hydroxyl groups excluding tert-OH is 1. The number of rotatable bonds is 24. The molecule has 8 unspecified atom stereocenters. The van der Waals surface area contributed by atoms with E-state index < -0.39 is 102 Å². The highest BCUT2D eigenvalue weighted by atomic mass is 16.4. The highest BCUT2D eigenvalue weighted by Crippen LogP contribution is 2.20. The van der Waals surface area contributed by atoms with Crippen molar-refractivity contribution in [3.8, 4) is 5.75 Å². The van der Waals surface area contributed by atoms with Crippen LogP contribution in [0.1, 0.15) is 71.8 Å². The molecule has 1 aromatic rings. The van der Waals surface area contributed by atoms with Gasteiger partial charge in [0.05, 0.1) is 18.2 Å². The predicted molar refractivity (Wildman–Crippen MR) is 212 cm³/mol. The Morgan fingerprint density at radius 2 is 1.46 bits per heavy atom. The third-order valence-electron chi connectivity index (χ3n) is 9.32. The van der Waals surface area contributed by atoms with Crippen LogP contribution in [0.4, 0.5) is 0 Å². The maximum Gasteiger partial charge on any atom is 0.303 e. The molecule has 22 heteroatoms. The number of guanidine groups is 1. The summed E-state index contributed by atoms with van der Waals surface area (Å²) in [6.45, 7) is 6.10. The number of aromatic hydroxyl groups is 1. The molecular formula is C37H59N11O11. The number of nitrogens with one attached hydrogen (secondary N) is 5. The minimum atomic E-state index is -1.61. The molecule has 0 aliphatic carbocycles. The van der Waals surface area contributed by atoms with Gasteiger partial charge in [-0.05, 0) is 63.1 Å². The van der Waals surface area contributed by atoms with Gasteiger partial charge < -0.3 is 69.7 Å². The van der Waals surface area contributed by atoms with Gasteiger partial charge in [0.15, 0.2) is 5.96 Å². The zero-order chi connectivity index (χ0) is 44.6. The van der Waals surface area contributed by atoms with E-state index in [4.69, 9.17) is 22.9 Å². The van der Waals surface area contributed by atoms with E-state index in [1.807, 2.05) is 0 Å². The largest absolute Gasteiger partial charge is 0.508 e. The van der Waals surface area contributed by atoms with Crippen LogP contribution in [0.3, 0.4) is 0 Å². The highest BCUT2D eigenvalue weighted by Gasteiger charge is 2.41. The van der Waals surface area contributed by atoms with Crippen LogP contribution in [-0.2, 0) is 44.8 Å². The molecule has 59 heavy (non-hydrogen) atoms. The van der Waals surface area contributed by atoms with Crippen LogP contribution in [0.15, 0.2) is 29.3 Å². The fourth-order valence-electron chi connectivity index (χ4n) is 6.13. The number of amides is 7. The number of nitrogens with zero attached hydrogens (tertiary/aromatic N) is 2. The summed E-state index contributed by atoms with van der Waals surface area (Å²) in [5, 5.41) is 42.3. The van der Waals surface area contributed by atoms with Crippen molar-refractivity contribution in [2.45, 2.75) is 121 Å². The maximum atomic E-state index is 13.7. The molecule has 0 bridgehead atoms. The van der Waals surface area contributed by atoms with E-state index in [0.717, 1.165) is 4.90 Å². The number of primary amides is 1. The second kappa shape index (κ2) is 23.4. The lowest BCUT2D eigenvalue weighted by molar-refractivity contribution is -0.142. The fraction of sp³-hybridized carbons (Fsp3) is 0.595. The molecule has 1 fully saturated rings. The average Bonchev–Trinajstić information content (AvgIpc) is 3.50. The number of aliphatic carboxylic acids is 1. The first kappa shape index (κ1) is 49.1. The van der Waals surface area contributed by atoms with E-state index in [1.165, 1.54) is 38.1 Å². The van der Waals surface area contributed by atoms with Crippen molar-refractivity contribution in [1.82, 2.24) is 31.5 Å². The van der Waals surface area contributed by atoms with Crippen molar-refractivity contribution in [2.24, 2.45) is 33.8 Å². The molecule has 1 aliphatic rings. The average molecular weight is 834 g/mol. The molecule has 0 saturated carbocycles. The third-order valence-corrected chi connectivity index (χ3v) is 9.32. The summed E-state index contributed by atoms with van der Waals surface area (Å²) >= 11 is 0. The van der Waals surface area contributed by atoms with Gasteiger partial charge in [-0.2, -0.15) is 0 Å². The van der Waals surface area contributed by atoms with Gasteiger partial charge >= 0.3 is 5.97 Å². The normalized spacial score (nSPS) is 17.3. The van der Waals surface area contributed by atoms with Crippen molar-refractivity contribution >= 4 is 53.3 Å². The molecule has 7 amide bonds. The number of likely N-dealkylation sites (tertiary alicyclic amines) is 1. The first-order valence-electron chi connectivity index (χ1n) is 19.2. The maximum absolute atomic E-state index is 13.7. The molecule has 8 atom stereocenters. The van der Waals surface area contributed by atoms with Gasteiger partial charge in [0.25, 0.3) is 0 Å². The second-order valence-corrected chi connectivity index (χ2v) is 14.9. The minimum absolute atomic E-state index is 0.0420. The predicted octanol–water partition coefficient (Wildman–Crippen LogP) is -3.86. The minimum Gasteiger partial charge on any atom is -0.508 e. The molecule has 0 aromatic heterocycles. The van der Waals surface area contributed by atoms with Crippen molar-refractivity contribution in [3.63, 3.8) is 0 Å². The lowest BCUT2D eigenvalue weighted by atomic mass is 10.0. The molecule has 2 rings (SSSR count). The second-order valence-electron chi connectivity index (χ2n) is 14.9. The number of benzene rings is 1. The third kappa shape index (κ3) is 16.8. The van der Waals surface area contributed by atoms with Gasteiger partial charge in [-0.1, -0.05) is 26.0 Å². The van der Waals surface area contributed by atoms with Crippen LogP contribution >= 0.6 is 0 Å². The molecule has 22 nitrogen and oxygen atoms in total. The molecule has 16 N–H and O–H groups in total. The Labute approximate surface area is 341 Å². The summed E-state index contributed by atoms with van der Waals surface area (Å²) in [6, 6.07) is -2.78.